The van der Waals surface area contributed by atoms with Gasteiger partial charge in [-0.15, -0.1) is 0 Å². The monoisotopic (exact) mass is 357 g/mol. The number of carbonyl (C=O) groups excluding carboxylic acids is 2. The first-order valence-electron chi connectivity index (χ1n) is 8.54. The normalized spacial score (nSPS) is 13.9. The van der Waals surface area contributed by atoms with Crippen molar-refractivity contribution in [3.63, 3.8) is 0 Å². The average molecular weight is 357 g/mol. The van der Waals surface area contributed by atoms with Crippen LogP contribution in [-0.2, 0) is 28.9 Å². The number of amides is 2. The molecular formula is C18H23N5O3. The first kappa shape index (κ1) is 17.9. The maximum atomic E-state index is 12.2. The SMILES string of the molecule is CC(C)(C)OC(=O)N1CCc2c(NC(=O)Cc3ccncc3)n[nH]c2C1. The summed E-state index contributed by atoms with van der Waals surface area (Å²) < 4.78 is 5.41. The molecule has 8 heteroatoms. The van der Waals surface area contributed by atoms with Gasteiger partial charge >= 0.3 is 6.09 Å². The van der Waals surface area contributed by atoms with E-state index in [0.717, 1.165) is 16.8 Å². The molecule has 2 amide bonds. The maximum absolute atomic E-state index is 12.2. The van der Waals surface area contributed by atoms with Gasteiger partial charge in [-0.3, -0.25) is 14.9 Å². The third kappa shape index (κ3) is 4.38. The first-order chi connectivity index (χ1) is 12.3. The van der Waals surface area contributed by atoms with Crippen LogP contribution >= 0.6 is 0 Å². The highest BCUT2D eigenvalue weighted by molar-refractivity contribution is 5.92. The molecule has 0 unspecified atom stereocenters. The summed E-state index contributed by atoms with van der Waals surface area (Å²) in [6.45, 7) is 6.43. The minimum atomic E-state index is -0.530. The number of aromatic amines is 1. The second-order valence-corrected chi connectivity index (χ2v) is 7.26. The van der Waals surface area contributed by atoms with Crippen molar-refractivity contribution in [2.75, 3.05) is 11.9 Å². The minimum absolute atomic E-state index is 0.139. The Hall–Kier alpha value is -2.90. The van der Waals surface area contributed by atoms with Crippen LogP contribution in [-0.4, -0.2) is 44.2 Å². The number of pyridine rings is 1. The topological polar surface area (TPSA) is 100 Å². The van der Waals surface area contributed by atoms with E-state index < -0.39 is 5.60 Å². The number of hydrogen-bond acceptors (Lipinski definition) is 5. The Balaban J connectivity index is 1.62. The number of carbonyl (C=O) groups is 2. The lowest BCUT2D eigenvalue weighted by molar-refractivity contribution is -0.115. The number of anilines is 1. The van der Waals surface area contributed by atoms with Gasteiger partial charge in [0.1, 0.15) is 5.60 Å². The van der Waals surface area contributed by atoms with Crippen molar-refractivity contribution < 1.29 is 14.3 Å². The molecule has 3 heterocycles. The van der Waals surface area contributed by atoms with E-state index in [0.29, 0.717) is 25.3 Å². The molecule has 26 heavy (non-hydrogen) atoms. The van der Waals surface area contributed by atoms with Crippen LogP contribution in [0.25, 0.3) is 0 Å². The van der Waals surface area contributed by atoms with Gasteiger partial charge in [0.25, 0.3) is 0 Å². The van der Waals surface area contributed by atoms with Crippen molar-refractivity contribution in [2.24, 2.45) is 0 Å². The summed E-state index contributed by atoms with van der Waals surface area (Å²) >= 11 is 0. The molecule has 0 spiro atoms. The van der Waals surface area contributed by atoms with E-state index in [4.69, 9.17) is 4.74 Å². The Morgan fingerprint density at radius 2 is 2.04 bits per heavy atom. The molecule has 138 valence electrons. The van der Waals surface area contributed by atoms with E-state index in [9.17, 15) is 9.59 Å². The molecule has 0 fully saturated rings. The fourth-order valence-corrected chi connectivity index (χ4v) is 2.77. The summed E-state index contributed by atoms with van der Waals surface area (Å²) in [6, 6.07) is 3.61. The van der Waals surface area contributed by atoms with Gasteiger partial charge in [0, 0.05) is 24.5 Å². The molecule has 0 bridgehead atoms. The summed E-state index contributed by atoms with van der Waals surface area (Å²) in [5.74, 6) is 0.392. The zero-order valence-corrected chi connectivity index (χ0v) is 15.2. The van der Waals surface area contributed by atoms with E-state index >= 15 is 0 Å². The molecular weight excluding hydrogens is 334 g/mol. The van der Waals surface area contributed by atoms with Crippen LogP contribution in [0.15, 0.2) is 24.5 Å². The number of nitrogens with zero attached hydrogens (tertiary/aromatic N) is 3. The Labute approximate surface area is 151 Å². The average Bonchev–Trinajstić information content (AvgIpc) is 2.96. The van der Waals surface area contributed by atoms with E-state index in [1.807, 2.05) is 20.8 Å². The molecule has 2 aromatic heterocycles. The van der Waals surface area contributed by atoms with Crippen LogP contribution in [0.1, 0.15) is 37.6 Å². The lowest BCUT2D eigenvalue weighted by atomic mass is 10.1. The summed E-state index contributed by atoms with van der Waals surface area (Å²) in [4.78, 5) is 30.0. The van der Waals surface area contributed by atoms with Crippen molar-refractivity contribution in [2.45, 2.75) is 45.8 Å². The van der Waals surface area contributed by atoms with Gasteiger partial charge in [-0.2, -0.15) is 5.10 Å². The number of fused-ring (bicyclic) bond motifs is 1. The summed E-state index contributed by atoms with van der Waals surface area (Å²) in [5.41, 5.74) is 2.12. The number of nitrogens with one attached hydrogen (secondary N) is 2. The number of rotatable bonds is 3. The summed E-state index contributed by atoms with van der Waals surface area (Å²) in [7, 11) is 0. The molecule has 2 N–H and O–H groups in total. The molecule has 1 aliphatic rings. The second-order valence-electron chi connectivity index (χ2n) is 7.26. The van der Waals surface area contributed by atoms with Gasteiger partial charge in [0.15, 0.2) is 5.82 Å². The lowest BCUT2D eigenvalue weighted by Gasteiger charge is -2.29. The molecule has 8 nitrogen and oxygen atoms in total. The van der Waals surface area contributed by atoms with Gasteiger partial charge in [-0.1, -0.05) is 0 Å². The highest BCUT2D eigenvalue weighted by Crippen LogP contribution is 2.25. The van der Waals surface area contributed by atoms with Crippen LogP contribution in [0.4, 0.5) is 10.6 Å². The summed E-state index contributed by atoms with van der Waals surface area (Å²) in [6.07, 6.45) is 3.83. The Kier molecular flexibility index (Phi) is 4.92. The van der Waals surface area contributed by atoms with Gasteiger partial charge in [0.2, 0.25) is 5.91 Å². The largest absolute Gasteiger partial charge is 0.444 e. The first-order valence-corrected chi connectivity index (χ1v) is 8.54. The van der Waals surface area contributed by atoms with Crippen LogP contribution in [0.5, 0.6) is 0 Å². The molecule has 0 aliphatic carbocycles. The predicted molar refractivity (Wildman–Crippen MR) is 95.5 cm³/mol. The fraction of sp³-hybridized carbons (Fsp3) is 0.444. The molecule has 0 radical (unpaired) electrons. The van der Waals surface area contributed by atoms with Crippen LogP contribution < -0.4 is 5.32 Å². The molecule has 0 aromatic carbocycles. The van der Waals surface area contributed by atoms with E-state index in [2.05, 4.69) is 20.5 Å². The number of ether oxygens (including phenoxy) is 1. The Bertz CT molecular complexity index is 795. The van der Waals surface area contributed by atoms with Gasteiger partial charge in [-0.05, 0) is 44.9 Å². The van der Waals surface area contributed by atoms with Gasteiger partial charge in [-0.25, -0.2) is 4.79 Å². The van der Waals surface area contributed by atoms with Gasteiger partial charge < -0.3 is 15.0 Å². The predicted octanol–water partition coefficient (Wildman–Crippen LogP) is 2.28. The third-order valence-electron chi connectivity index (χ3n) is 3.96. The maximum Gasteiger partial charge on any atom is 0.410 e. The van der Waals surface area contributed by atoms with E-state index in [-0.39, 0.29) is 18.4 Å². The molecule has 3 rings (SSSR count). The molecule has 2 aromatic rings. The van der Waals surface area contributed by atoms with E-state index in [1.54, 1.807) is 29.4 Å². The quantitative estimate of drug-likeness (QED) is 0.878. The number of hydrogen-bond donors (Lipinski definition) is 2. The number of aromatic nitrogens is 3. The van der Waals surface area contributed by atoms with E-state index in [1.165, 1.54) is 0 Å². The highest BCUT2D eigenvalue weighted by Gasteiger charge is 2.28. The zero-order chi connectivity index (χ0) is 18.7. The van der Waals surface area contributed by atoms with Crippen molar-refractivity contribution in [1.82, 2.24) is 20.1 Å². The molecule has 0 saturated carbocycles. The second kappa shape index (κ2) is 7.15. The van der Waals surface area contributed by atoms with Crippen molar-refractivity contribution in [1.29, 1.82) is 0 Å². The zero-order valence-electron chi connectivity index (χ0n) is 15.2. The standard InChI is InChI=1S/C18H23N5O3/c1-18(2,3)26-17(25)23-9-6-13-14(11-23)21-22-16(13)20-15(24)10-12-4-7-19-8-5-12/h4-5,7-8H,6,9-11H2,1-3H3,(H2,20,21,22,24). The van der Waals surface area contributed by atoms with Crippen molar-refractivity contribution in [3.05, 3.63) is 41.3 Å². The van der Waals surface area contributed by atoms with Crippen molar-refractivity contribution in [3.8, 4) is 0 Å². The molecule has 1 aliphatic heterocycles. The lowest BCUT2D eigenvalue weighted by Crippen LogP contribution is -2.40. The number of H-pyrrole nitrogens is 1. The highest BCUT2D eigenvalue weighted by atomic mass is 16.6. The fourth-order valence-electron chi connectivity index (χ4n) is 2.77. The Morgan fingerprint density at radius 3 is 2.73 bits per heavy atom. The molecule has 0 atom stereocenters. The molecule has 0 saturated heterocycles. The van der Waals surface area contributed by atoms with Crippen LogP contribution in [0.3, 0.4) is 0 Å². The Morgan fingerprint density at radius 1 is 1.31 bits per heavy atom. The van der Waals surface area contributed by atoms with Crippen LogP contribution in [0, 0.1) is 0 Å². The summed E-state index contributed by atoms with van der Waals surface area (Å²) in [5, 5.41) is 9.96. The third-order valence-corrected chi connectivity index (χ3v) is 3.96. The van der Waals surface area contributed by atoms with Crippen LogP contribution in [0.2, 0.25) is 0 Å². The van der Waals surface area contributed by atoms with Crippen molar-refractivity contribution >= 4 is 17.8 Å². The minimum Gasteiger partial charge on any atom is -0.444 e. The van der Waals surface area contributed by atoms with Gasteiger partial charge in [0.05, 0.1) is 18.7 Å². The smallest absolute Gasteiger partial charge is 0.410 e.